The molecule has 4 rings (SSSR count). The summed E-state index contributed by atoms with van der Waals surface area (Å²) < 4.78 is 13.3. The average Bonchev–Trinajstić information content (AvgIpc) is 2.69. The normalized spacial score (nSPS) is 17.4. The molecule has 2 aromatic carbocycles. The molecule has 1 aliphatic heterocycles. The summed E-state index contributed by atoms with van der Waals surface area (Å²) in [4.78, 5) is 17.4. The highest BCUT2D eigenvalue weighted by Crippen LogP contribution is 2.39. The van der Waals surface area contributed by atoms with Gasteiger partial charge in [0.1, 0.15) is 16.5 Å². The number of amides is 1. The van der Waals surface area contributed by atoms with Crippen LogP contribution in [0.15, 0.2) is 47.5 Å². The number of hydrogen-bond donors (Lipinski definition) is 2. The molecule has 1 saturated carbocycles. The van der Waals surface area contributed by atoms with Crippen molar-refractivity contribution in [3.05, 3.63) is 58.9 Å². The molecular formula is C21H21ClFN3OS. The Morgan fingerprint density at radius 3 is 2.79 bits per heavy atom. The first-order valence-electron chi connectivity index (χ1n) is 9.40. The molecule has 1 spiro atoms. The number of carbonyl (C=O) groups is 1. The van der Waals surface area contributed by atoms with Crippen LogP contribution in [-0.4, -0.2) is 22.4 Å². The highest BCUT2D eigenvalue weighted by atomic mass is 35.5. The molecular weight excluding hydrogens is 397 g/mol. The maximum Gasteiger partial charge on any atom is 0.234 e. The van der Waals surface area contributed by atoms with E-state index in [0.29, 0.717) is 5.69 Å². The van der Waals surface area contributed by atoms with E-state index in [1.54, 1.807) is 0 Å². The van der Waals surface area contributed by atoms with Crippen molar-refractivity contribution in [3.63, 3.8) is 0 Å². The van der Waals surface area contributed by atoms with Crippen LogP contribution in [0.1, 0.15) is 37.7 Å². The van der Waals surface area contributed by atoms with Gasteiger partial charge < -0.3 is 10.6 Å². The monoisotopic (exact) mass is 417 g/mol. The minimum atomic E-state index is -0.507. The Morgan fingerprint density at radius 1 is 1.21 bits per heavy atom. The fourth-order valence-corrected chi connectivity index (χ4v) is 4.79. The summed E-state index contributed by atoms with van der Waals surface area (Å²) >= 11 is 7.21. The van der Waals surface area contributed by atoms with Crippen molar-refractivity contribution in [2.45, 2.75) is 37.8 Å². The third-order valence-electron chi connectivity index (χ3n) is 5.06. The van der Waals surface area contributed by atoms with E-state index >= 15 is 0 Å². The number of halogens is 2. The maximum absolute atomic E-state index is 13.3. The van der Waals surface area contributed by atoms with E-state index in [9.17, 15) is 9.18 Å². The van der Waals surface area contributed by atoms with Crippen molar-refractivity contribution in [2.24, 2.45) is 4.99 Å². The second-order valence-electron chi connectivity index (χ2n) is 7.15. The van der Waals surface area contributed by atoms with Gasteiger partial charge in [0, 0.05) is 16.9 Å². The van der Waals surface area contributed by atoms with Crippen molar-refractivity contribution >= 4 is 45.7 Å². The number of aliphatic imine (C=N–C) groups is 1. The molecule has 0 radical (unpaired) electrons. The van der Waals surface area contributed by atoms with E-state index in [0.717, 1.165) is 42.0 Å². The SMILES string of the molecule is O=C(CSC1=NC2(CCCCC2)Nc2ccccc21)Nc1ccc(F)c(Cl)c1. The molecule has 0 bridgehead atoms. The second kappa shape index (κ2) is 8.13. The molecule has 2 N–H and O–H groups in total. The van der Waals surface area contributed by atoms with Crippen molar-refractivity contribution in [3.8, 4) is 0 Å². The van der Waals surface area contributed by atoms with E-state index in [1.165, 1.54) is 36.4 Å². The number of hydrogen-bond acceptors (Lipinski definition) is 4. The van der Waals surface area contributed by atoms with E-state index in [-0.39, 0.29) is 22.3 Å². The zero-order valence-corrected chi connectivity index (χ0v) is 16.9. The highest BCUT2D eigenvalue weighted by molar-refractivity contribution is 8.15. The third-order valence-corrected chi connectivity index (χ3v) is 6.35. The lowest BCUT2D eigenvalue weighted by Crippen LogP contribution is -2.42. The zero-order valence-electron chi connectivity index (χ0n) is 15.3. The van der Waals surface area contributed by atoms with Gasteiger partial charge in [0.25, 0.3) is 0 Å². The van der Waals surface area contributed by atoms with E-state index < -0.39 is 5.82 Å². The van der Waals surface area contributed by atoms with E-state index in [4.69, 9.17) is 16.6 Å². The molecule has 2 aliphatic rings. The van der Waals surface area contributed by atoms with Gasteiger partial charge in [0.15, 0.2) is 0 Å². The summed E-state index contributed by atoms with van der Waals surface area (Å²) in [7, 11) is 0. The van der Waals surface area contributed by atoms with E-state index in [1.807, 2.05) is 18.2 Å². The molecule has 1 amide bonds. The summed E-state index contributed by atoms with van der Waals surface area (Å²) in [5.74, 6) is -0.463. The Morgan fingerprint density at radius 2 is 2.00 bits per heavy atom. The lowest BCUT2D eigenvalue weighted by molar-refractivity contribution is -0.113. The highest BCUT2D eigenvalue weighted by Gasteiger charge is 2.36. The minimum Gasteiger partial charge on any atom is -0.361 e. The number of rotatable bonds is 3. The predicted octanol–water partition coefficient (Wildman–Crippen LogP) is 5.68. The number of thioether (sulfide) groups is 1. The Balaban J connectivity index is 1.48. The Hall–Kier alpha value is -2.05. The molecule has 0 aromatic heterocycles. The molecule has 0 saturated heterocycles. The van der Waals surface area contributed by atoms with Gasteiger partial charge >= 0.3 is 0 Å². The molecule has 1 heterocycles. The zero-order chi connectivity index (χ0) is 19.6. The third kappa shape index (κ3) is 4.18. The van der Waals surface area contributed by atoms with Gasteiger partial charge in [-0.05, 0) is 49.9 Å². The second-order valence-corrected chi connectivity index (χ2v) is 8.52. The largest absolute Gasteiger partial charge is 0.361 e. The molecule has 0 atom stereocenters. The summed E-state index contributed by atoms with van der Waals surface area (Å²) in [5, 5.41) is 7.27. The molecule has 2 aromatic rings. The number of carbonyl (C=O) groups excluding carboxylic acids is 1. The summed E-state index contributed by atoms with van der Waals surface area (Å²) in [6.07, 6.45) is 5.56. The first-order valence-corrected chi connectivity index (χ1v) is 10.8. The number of benzene rings is 2. The van der Waals surface area contributed by atoms with Crippen molar-refractivity contribution in [1.82, 2.24) is 0 Å². The average molecular weight is 418 g/mol. The molecule has 0 unspecified atom stereocenters. The van der Waals surface area contributed by atoms with Crippen LogP contribution in [0, 0.1) is 5.82 Å². The number of nitrogens with one attached hydrogen (secondary N) is 2. The first-order chi connectivity index (χ1) is 13.5. The van der Waals surface area contributed by atoms with Crippen LogP contribution in [-0.2, 0) is 4.79 Å². The smallest absolute Gasteiger partial charge is 0.234 e. The quantitative estimate of drug-likeness (QED) is 0.675. The van der Waals surface area contributed by atoms with Gasteiger partial charge in [-0.15, -0.1) is 0 Å². The van der Waals surface area contributed by atoms with Gasteiger partial charge in [-0.3, -0.25) is 4.79 Å². The number of anilines is 2. The molecule has 28 heavy (non-hydrogen) atoms. The van der Waals surface area contributed by atoms with Crippen molar-refractivity contribution in [2.75, 3.05) is 16.4 Å². The summed E-state index contributed by atoms with van der Waals surface area (Å²) in [5.41, 5.74) is 2.33. The Bertz CT molecular complexity index is 928. The summed E-state index contributed by atoms with van der Waals surface area (Å²) in [6, 6.07) is 12.2. The number of para-hydroxylation sites is 1. The fourth-order valence-electron chi connectivity index (χ4n) is 3.70. The van der Waals surface area contributed by atoms with Crippen LogP contribution in [0.4, 0.5) is 15.8 Å². The van der Waals surface area contributed by atoms with Gasteiger partial charge in [-0.25, -0.2) is 9.38 Å². The van der Waals surface area contributed by atoms with Crippen LogP contribution in [0.2, 0.25) is 5.02 Å². The maximum atomic E-state index is 13.3. The van der Waals surface area contributed by atoms with Crippen molar-refractivity contribution < 1.29 is 9.18 Å². The molecule has 1 aliphatic carbocycles. The van der Waals surface area contributed by atoms with Crippen molar-refractivity contribution in [1.29, 1.82) is 0 Å². The van der Waals surface area contributed by atoms with Crippen LogP contribution >= 0.6 is 23.4 Å². The first kappa shape index (κ1) is 19.3. The fraction of sp³-hybridized carbons (Fsp3) is 0.333. The van der Waals surface area contributed by atoms with Gasteiger partial charge in [0.2, 0.25) is 5.91 Å². The van der Waals surface area contributed by atoms with Gasteiger partial charge in [-0.2, -0.15) is 0 Å². The van der Waals surface area contributed by atoms with Crippen LogP contribution in [0.3, 0.4) is 0 Å². The molecule has 4 nitrogen and oxygen atoms in total. The molecule has 146 valence electrons. The van der Waals surface area contributed by atoms with Gasteiger partial charge in [-0.1, -0.05) is 48.0 Å². The Labute approximate surface area is 173 Å². The summed E-state index contributed by atoms with van der Waals surface area (Å²) in [6.45, 7) is 0. The number of nitrogens with zero attached hydrogens (tertiary/aromatic N) is 1. The molecule has 1 fully saturated rings. The number of fused-ring (bicyclic) bond motifs is 1. The lowest BCUT2D eigenvalue weighted by atomic mass is 9.88. The topological polar surface area (TPSA) is 53.5 Å². The van der Waals surface area contributed by atoms with Gasteiger partial charge in [0.05, 0.1) is 10.8 Å². The predicted molar refractivity (Wildman–Crippen MR) is 115 cm³/mol. The molecule has 7 heteroatoms. The Kier molecular flexibility index (Phi) is 5.60. The van der Waals surface area contributed by atoms with E-state index in [2.05, 4.69) is 16.7 Å². The minimum absolute atomic E-state index is 0.0126. The lowest BCUT2D eigenvalue weighted by Gasteiger charge is -2.39. The standard InChI is InChI=1S/C21H21ClFN3OS/c22-16-12-14(8-9-17(16)23)24-19(27)13-28-20-15-6-2-3-7-18(15)25-21(26-20)10-4-1-5-11-21/h2-3,6-9,12,25H,1,4-5,10-11,13H2,(H,24,27). The van der Waals surface area contributed by atoms with Crippen LogP contribution in [0.5, 0.6) is 0 Å². The van der Waals surface area contributed by atoms with Crippen LogP contribution in [0.25, 0.3) is 0 Å². The van der Waals surface area contributed by atoms with Crippen LogP contribution < -0.4 is 10.6 Å².